The highest BCUT2D eigenvalue weighted by Crippen LogP contribution is 2.26. The van der Waals surface area contributed by atoms with E-state index >= 15 is 0 Å². The second-order valence-corrected chi connectivity index (χ2v) is 5.50. The lowest BCUT2D eigenvalue weighted by molar-refractivity contribution is 0.102. The number of rotatable bonds is 3. The summed E-state index contributed by atoms with van der Waals surface area (Å²) in [5.41, 5.74) is 0.815. The van der Waals surface area contributed by atoms with Crippen LogP contribution >= 0.6 is 34.2 Å². The van der Waals surface area contributed by atoms with E-state index in [4.69, 9.17) is 16.3 Å². The number of hydrogen-bond donors (Lipinski definition) is 1. The summed E-state index contributed by atoms with van der Waals surface area (Å²) in [5.74, 6) is -0.514. The van der Waals surface area contributed by atoms with Crippen LogP contribution < -0.4 is 10.1 Å². The first kappa shape index (κ1) is 15.1. The van der Waals surface area contributed by atoms with Crippen LogP contribution in [0.15, 0.2) is 36.4 Å². The van der Waals surface area contributed by atoms with Crippen LogP contribution in [-0.2, 0) is 0 Å². The maximum absolute atomic E-state index is 13.1. The minimum absolute atomic E-state index is 0.259. The van der Waals surface area contributed by atoms with Gasteiger partial charge in [0.2, 0.25) is 0 Å². The van der Waals surface area contributed by atoms with E-state index in [1.54, 1.807) is 18.2 Å². The molecule has 0 aromatic heterocycles. The van der Waals surface area contributed by atoms with Gasteiger partial charge in [-0.15, -0.1) is 0 Å². The van der Waals surface area contributed by atoms with Crippen LogP contribution in [0, 0.1) is 9.39 Å². The first-order chi connectivity index (χ1) is 9.51. The lowest BCUT2D eigenvalue weighted by Crippen LogP contribution is -2.12. The summed E-state index contributed by atoms with van der Waals surface area (Å²) in [6.07, 6.45) is 0. The summed E-state index contributed by atoms with van der Waals surface area (Å²) in [6, 6.07) is 8.89. The standard InChI is InChI=1S/C14H10ClFINO2/c1-20-13-7-9(16)3-5-12(13)18-14(19)8-2-4-11(17)10(15)6-8/h2-7H,1H3,(H,18,19). The fraction of sp³-hybridized carbons (Fsp3) is 0.0714. The van der Waals surface area contributed by atoms with Gasteiger partial charge in [0.15, 0.2) is 0 Å². The Labute approximate surface area is 134 Å². The van der Waals surface area contributed by atoms with Gasteiger partial charge in [-0.1, -0.05) is 11.6 Å². The third-order valence-corrected chi connectivity index (χ3v) is 4.17. The normalized spacial score (nSPS) is 10.2. The molecule has 1 N–H and O–H groups in total. The molecule has 2 rings (SSSR count). The molecule has 0 saturated heterocycles. The maximum Gasteiger partial charge on any atom is 0.255 e. The van der Waals surface area contributed by atoms with Gasteiger partial charge in [0.25, 0.3) is 5.91 Å². The van der Waals surface area contributed by atoms with Crippen LogP contribution in [0.4, 0.5) is 10.1 Å². The van der Waals surface area contributed by atoms with Crippen LogP contribution in [0.1, 0.15) is 10.4 Å². The zero-order chi connectivity index (χ0) is 14.7. The Morgan fingerprint density at radius 1 is 1.30 bits per heavy atom. The zero-order valence-electron chi connectivity index (χ0n) is 10.4. The average molecular weight is 406 g/mol. The van der Waals surface area contributed by atoms with Crippen molar-refractivity contribution in [3.63, 3.8) is 0 Å². The molecule has 0 atom stereocenters. The van der Waals surface area contributed by atoms with Gasteiger partial charge in [0.05, 0.1) is 17.8 Å². The Hall–Kier alpha value is -1.34. The summed E-state index contributed by atoms with van der Waals surface area (Å²) < 4.78 is 19.0. The van der Waals surface area contributed by atoms with E-state index in [-0.39, 0.29) is 11.7 Å². The van der Waals surface area contributed by atoms with Gasteiger partial charge in [-0.2, -0.15) is 0 Å². The van der Waals surface area contributed by atoms with Crippen molar-refractivity contribution in [2.45, 2.75) is 0 Å². The van der Waals surface area contributed by atoms with Gasteiger partial charge in [-0.3, -0.25) is 4.79 Å². The van der Waals surface area contributed by atoms with E-state index in [2.05, 4.69) is 27.9 Å². The van der Waals surface area contributed by atoms with E-state index < -0.39 is 5.82 Å². The SMILES string of the molecule is COc1cc(F)ccc1NC(=O)c1ccc(I)c(Cl)c1. The molecule has 0 saturated carbocycles. The predicted octanol–water partition coefficient (Wildman–Crippen LogP) is 4.34. The van der Waals surface area contributed by atoms with Gasteiger partial charge in [0, 0.05) is 15.2 Å². The summed E-state index contributed by atoms with van der Waals surface area (Å²) in [6.45, 7) is 0. The fourth-order valence-electron chi connectivity index (χ4n) is 1.60. The molecule has 2 aromatic carbocycles. The molecular weight excluding hydrogens is 396 g/mol. The van der Waals surface area contributed by atoms with Crippen molar-refractivity contribution in [3.05, 3.63) is 56.4 Å². The molecule has 0 aliphatic heterocycles. The number of amides is 1. The first-order valence-electron chi connectivity index (χ1n) is 5.61. The number of carbonyl (C=O) groups excluding carboxylic acids is 1. The number of carbonyl (C=O) groups is 1. The average Bonchev–Trinajstić information content (AvgIpc) is 2.43. The maximum atomic E-state index is 13.1. The van der Waals surface area contributed by atoms with E-state index in [0.717, 1.165) is 3.57 Å². The molecule has 2 aromatic rings. The van der Waals surface area contributed by atoms with Crippen molar-refractivity contribution in [3.8, 4) is 5.75 Å². The third-order valence-electron chi connectivity index (χ3n) is 2.59. The number of anilines is 1. The Bertz CT molecular complexity index is 664. The molecule has 0 fully saturated rings. The van der Waals surface area contributed by atoms with Crippen molar-refractivity contribution < 1.29 is 13.9 Å². The van der Waals surface area contributed by atoms with Crippen LogP contribution in [0.3, 0.4) is 0 Å². The van der Waals surface area contributed by atoms with E-state index in [0.29, 0.717) is 16.3 Å². The molecule has 1 amide bonds. The Kier molecular flexibility index (Phi) is 4.82. The van der Waals surface area contributed by atoms with Crippen molar-refractivity contribution in [1.82, 2.24) is 0 Å². The van der Waals surface area contributed by atoms with Gasteiger partial charge < -0.3 is 10.1 Å². The number of nitrogens with one attached hydrogen (secondary N) is 1. The van der Waals surface area contributed by atoms with E-state index in [9.17, 15) is 9.18 Å². The Morgan fingerprint density at radius 2 is 2.05 bits per heavy atom. The van der Waals surface area contributed by atoms with E-state index in [1.165, 1.54) is 25.3 Å². The van der Waals surface area contributed by atoms with Gasteiger partial charge in [-0.25, -0.2) is 4.39 Å². The molecule has 3 nitrogen and oxygen atoms in total. The van der Waals surface area contributed by atoms with Crippen LogP contribution in [0.25, 0.3) is 0 Å². The minimum atomic E-state index is -0.433. The van der Waals surface area contributed by atoms with Crippen LogP contribution in [0.5, 0.6) is 5.75 Å². The molecule has 0 heterocycles. The largest absolute Gasteiger partial charge is 0.494 e. The third kappa shape index (κ3) is 3.40. The smallest absolute Gasteiger partial charge is 0.255 e. The first-order valence-corrected chi connectivity index (χ1v) is 7.07. The molecule has 6 heteroatoms. The molecule has 0 unspecified atom stereocenters. The van der Waals surface area contributed by atoms with Crippen molar-refractivity contribution >= 4 is 45.8 Å². The molecule has 104 valence electrons. The summed E-state index contributed by atoms with van der Waals surface area (Å²) in [4.78, 5) is 12.1. The van der Waals surface area contributed by atoms with Crippen molar-refractivity contribution in [1.29, 1.82) is 0 Å². The molecule has 0 radical (unpaired) electrons. The molecule has 0 spiro atoms. The van der Waals surface area contributed by atoms with Gasteiger partial charge >= 0.3 is 0 Å². The topological polar surface area (TPSA) is 38.3 Å². The number of methoxy groups -OCH3 is 1. The minimum Gasteiger partial charge on any atom is -0.494 e. The highest BCUT2D eigenvalue weighted by Gasteiger charge is 2.11. The summed E-state index contributed by atoms with van der Waals surface area (Å²) in [7, 11) is 1.41. The molecule has 0 aliphatic carbocycles. The summed E-state index contributed by atoms with van der Waals surface area (Å²) in [5, 5.41) is 3.16. The van der Waals surface area contributed by atoms with Gasteiger partial charge in [-0.05, 0) is 52.9 Å². The summed E-state index contributed by atoms with van der Waals surface area (Å²) >= 11 is 8.06. The zero-order valence-corrected chi connectivity index (χ0v) is 13.3. The lowest BCUT2D eigenvalue weighted by Gasteiger charge is -2.10. The van der Waals surface area contributed by atoms with Crippen LogP contribution in [0.2, 0.25) is 5.02 Å². The van der Waals surface area contributed by atoms with Crippen LogP contribution in [-0.4, -0.2) is 13.0 Å². The van der Waals surface area contributed by atoms with Gasteiger partial charge in [0.1, 0.15) is 11.6 Å². The van der Waals surface area contributed by atoms with Crippen molar-refractivity contribution in [2.75, 3.05) is 12.4 Å². The molecule has 0 bridgehead atoms. The van der Waals surface area contributed by atoms with Crippen molar-refractivity contribution in [2.24, 2.45) is 0 Å². The quantitative estimate of drug-likeness (QED) is 0.771. The molecule has 20 heavy (non-hydrogen) atoms. The second kappa shape index (κ2) is 6.41. The molecule has 0 aliphatic rings. The number of ether oxygens (including phenoxy) is 1. The number of benzene rings is 2. The Balaban J connectivity index is 2.25. The lowest BCUT2D eigenvalue weighted by atomic mass is 10.2. The second-order valence-electron chi connectivity index (χ2n) is 3.93. The predicted molar refractivity (Wildman–Crippen MR) is 85.1 cm³/mol. The highest BCUT2D eigenvalue weighted by atomic mass is 127. The molecular formula is C14H10ClFINO2. The fourth-order valence-corrected chi connectivity index (χ4v) is 2.12. The highest BCUT2D eigenvalue weighted by molar-refractivity contribution is 14.1. The van der Waals surface area contributed by atoms with E-state index in [1.807, 2.05) is 0 Å². The Morgan fingerprint density at radius 3 is 2.70 bits per heavy atom. The number of halogens is 3. The monoisotopic (exact) mass is 405 g/mol. The number of hydrogen-bond acceptors (Lipinski definition) is 2.